The Bertz CT molecular complexity index is 265. The van der Waals surface area contributed by atoms with Crippen LogP contribution in [0.5, 0.6) is 0 Å². The fourth-order valence-electron chi connectivity index (χ4n) is 1.71. The third kappa shape index (κ3) is 3.34. The lowest BCUT2D eigenvalue weighted by Gasteiger charge is -2.44. The molecule has 2 aliphatic heterocycles. The Labute approximate surface area is 102 Å². The summed E-state index contributed by atoms with van der Waals surface area (Å²) >= 11 is 0. The van der Waals surface area contributed by atoms with Crippen molar-refractivity contribution in [3.8, 4) is 0 Å². The van der Waals surface area contributed by atoms with Crippen LogP contribution in [0.1, 0.15) is 13.3 Å². The molecule has 2 heterocycles. The van der Waals surface area contributed by atoms with Crippen molar-refractivity contribution in [2.75, 3.05) is 39.3 Å². The number of rotatable bonds is 2. The molecule has 2 saturated heterocycles. The predicted molar refractivity (Wildman–Crippen MR) is 61.2 cm³/mol. The standard InChI is InChI=1S/C9H18O6P2/c1-3-4-17(11)14-7-9(8-15-17)5-12-16(2,10)13-6-9/h3-8H2,1-2H3. The molecule has 6 nitrogen and oxygen atoms in total. The number of hydrogen-bond acceptors (Lipinski definition) is 6. The minimum atomic E-state index is -2.92. The Kier molecular flexibility index (Phi) is 4.09. The highest BCUT2D eigenvalue weighted by Crippen LogP contribution is 2.61. The summed E-state index contributed by atoms with van der Waals surface area (Å²) < 4.78 is 21.0. The summed E-state index contributed by atoms with van der Waals surface area (Å²) in [4.78, 5) is 23.5. The lowest BCUT2D eigenvalue weighted by atomic mass is 9.93. The van der Waals surface area contributed by atoms with Crippen LogP contribution < -0.4 is 9.79 Å². The van der Waals surface area contributed by atoms with E-state index in [2.05, 4.69) is 0 Å². The van der Waals surface area contributed by atoms with Crippen molar-refractivity contribution in [3.63, 3.8) is 0 Å². The average molecular weight is 284 g/mol. The van der Waals surface area contributed by atoms with Crippen molar-refractivity contribution >= 4 is 15.9 Å². The Hall–Kier alpha value is 0.620. The van der Waals surface area contributed by atoms with Crippen LogP contribution in [0.3, 0.4) is 0 Å². The van der Waals surface area contributed by atoms with Crippen LogP contribution in [-0.2, 0) is 18.1 Å². The first-order valence-electron chi connectivity index (χ1n) is 5.63. The first kappa shape index (κ1) is 14.0. The maximum atomic E-state index is 12.0. The zero-order chi connectivity index (χ0) is 12.6. The summed E-state index contributed by atoms with van der Waals surface area (Å²) in [5, 5.41) is 0. The Morgan fingerprint density at radius 1 is 1.00 bits per heavy atom. The normalized spacial score (nSPS) is 47.3. The Balaban J connectivity index is 1.90. The van der Waals surface area contributed by atoms with Gasteiger partial charge >= 0.3 is 0 Å². The van der Waals surface area contributed by atoms with E-state index in [0.717, 1.165) is 6.42 Å². The van der Waals surface area contributed by atoms with E-state index in [9.17, 15) is 9.79 Å². The van der Waals surface area contributed by atoms with E-state index in [1.54, 1.807) is 0 Å². The maximum absolute atomic E-state index is 12.0. The van der Waals surface area contributed by atoms with Crippen molar-refractivity contribution in [1.29, 1.82) is 0 Å². The van der Waals surface area contributed by atoms with Gasteiger partial charge in [-0.15, -0.1) is 0 Å². The van der Waals surface area contributed by atoms with E-state index in [1.807, 2.05) is 6.92 Å². The molecular formula is C9H18O6P2. The third-order valence-electron chi connectivity index (χ3n) is 2.84. The van der Waals surface area contributed by atoms with Gasteiger partial charge in [0.05, 0.1) is 12.1 Å². The summed E-state index contributed by atoms with van der Waals surface area (Å²) in [6.07, 6.45) is 1.18. The molecule has 8 heteroatoms. The lowest BCUT2D eigenvalue weighted by Crippen LogP contribution is -2.49. The van der Waals surface area contributed by atoms with Gasteiger partial charge in [-0.25, -0.2) is 18.1 Å². The summed E-state index contributed by atoms with van der Waals surface area (Å²) in [5.74, 6) is 0. The molecule has 17 heavy (non-hydrogen) atoms. The molecule has 0 unspecified atom stereocenters. The van der Waals surface area contributed by atoms with Crippen LogP contribution in [0.15, 0.2) is 0 Å². The quantitative estimate of drug-likeness (QED) is 0.680. The van der Waals surface area contributed by atoms with Gasteiger partial charge in [0.15, 0.2) is 0 Å². The van der Waals surface area contributed by atoms with Crippen molar-refractivity contribution in [2.45, 2.75) is 13.3 Å². The maximum Gasteiger partial charge on any atom is 0.237 e. The summed E-state index contributed by atoms with van der Waals surface area (Å²) in [5.41, 5.74) is -0.467. The summed E-state index contributed by atoms with van der Waals surface area (Å²) in [6, 6.07) is 0. The summed E-state index contributed by atoms with van der Waals surface area (Å²) in [7, 11) is -5.82. The van der Waals surface area contributed by atoms with Crippen molar-refractivity contribution in [1.82, 2.24) is 0 Å². The molecule has 1 spiro atoms. The van der Waals surface area contributed by atoms with E-state index in [0.29, 0.717) is 6.16 Å². The minimum Gasteiger partial charge on any atom is -0.632 e. The molecule has 2 aliphatic rings. The summed E-state index contributed by atoms with van der Waals surface area (Å²) in [6.45, 7) is 4.41. The molecule has 100 valence electrons. The van der Waals surface area contributed by atoms with Gasteiger partial charge < -0.3 is 9.79 Å². The first-order chi connectivity index (χ1) is 7.89. The highest BCUT2D eigenvalue weighted by Gasteiger charge is 2.51. The van der Waals surface area contributed by atoms with E-state index in [4.69, 9.17) is 18.1 Å². The van der Waals surface area contributed by atoms with Gasteiger partial charge in [0.1, 0.15) is 32.6 Å². The minimum absolute atomic E-state index is 0.257. The molecule has 0 N–H and O–H groups in total. The largest absolute Gasteiger partial charge is 0.632 e. The molecule has 0 atom stereocenters. The molecule has 0 aromatic heterocycles. The second-order valence-electron chi connectivity index (χ2n) is 4.70. The van der Waals surface area contributed by atoms with E-state index in [-0.39, 0.29) is 26.4 Å². The van der Waals surface area contributed by atoms with Gasteiger partial charge in [-0.1, -0.05) is 6.92 Å². The molecule has 2 rings (SSSR count). The van der Waals surface area contributed by atoms with Crippen LogP contribution in [0.25, 0.3) is 0 Å². The predicted octanol–water partition coefficient (Wildman–Crippen LogP) is 0.352. The zero-order valence-corrected chi connectivity index (χ0v) is 11.9. The van der Waals surface area contributed by atoms with Crippen LogP contribution in [0.2, 0.25) is 0 Å². The third-order valence-corrected chi connectivity index (χ3v) is 6.08. The van der Waals surface area contributed by atoms with Crippen LogP contribution in [0.4, 0.5) is 0 Å². The molecule has 0 aliphatic carbocycles. The Morgan fingerprint density at radius 2 is 1.47 bits per heavy atom. The molecule has 0 saturated carbocycles. The second kappa shape index (κ2) is 4.95. The highest BCUT2D eigenvalue weighted by molar-refractivity contribution is 7.59. The van der Waals surface area contributed by atoms with Crippen LogP contribution >= 0.6 is 15.9 Å². The van der Waals surface area contributed by atoms with Gasteiger partial charge in [-0.3, -0.25) is 0 Å². The lowest BCUT2D eigenvalue weighted by molar-refractivity contribution is -0.255. The Morgan fingerprint density at radius 3 is 1.94 bits per heavy atom. The van der Waals surface area contributed by atoms with Gasteiger partial charge in [-0.05, 0) is 6.42 Å². The van der Waals surface area contributed by atoms with Crippen molar-refractivity contribution < 1.29 is 27.9 Å². The second-order valence-corrected chi connectivity index (χ2v) is 8.94. The van der Waals surface area contributed by atoms with Gasteiger partial charge in [0.25, 0.3) is 0 Å². The van der Waals surface area contributed by atoms with E-state index >= 15 is 0 Å². The monoisotopic (exact) mass is 284 g/mol. The van der Waals surface area contributed by atoms with E-state index in [1.165, 1.54) is 6.66 Å². The topological polar surface area (TPSA) is 83.0 Å². The fourth-order valence-corrected chi connectivity index (χ4v) is 4.62. The molecule has 0 aromatic rings. The average Bonchev–Trinajstić information content (AvgIpc) is 2.28. The van der Waals surface area contributed by atoms with Crippen LogP contribution in [0, 0.1) is 5.41 Å². The van der Waals surface area contributed by atoms with Gasteiger partial charge in [-0.2, -0.15) is 0 Å². The van der Waals surface area contributed by atoms with E-state index < -0.39 is 21.3 Å². The molecule has 2 fully saturated rings. The molecular weight excluding hydrogens is 266 g/mol. The molecule has 0 aromatic carbocycles. The van der Waals surface area contributed by atoms with Crippen molar-refractivity contribution in [3.05, 3.63) is 0 Å². The SMILES string of the molecule is CCC[P+]1([O-])OCC2(CO[P+](C)([O-])OC2)CO1. The van der Waals surface area contributed by atoms with Gasteiger partial charge in [0, 0.05) is 0 Å². The van der Waals surface area contributed by atoms with Crippen molar-refractivity contribution in [2.24, 2.45) is 5.41 Å². The van der Waals surface area contributed by atoms with Crippen LogP contribution in [-0.4, -0.2) is 39.3 Å². The number of hydrogen-bond donors (Lipinski definition) is 0. The molecule has 0 radical (unpaired) electrons. The fraction of sp³-hybridized carbons (Fsp3) is 1.00. The zero-order valence-electron chi connectivity index (χ0n) is 10.1. The molecule has 0 amide bonds. The smallest absolute Gasteiger partial charge is 0.237 e. The molecule has 0 bridgehead atoms. The first-order valence-corrected chi connectivity index (χ1v) is 9.35. The highest BCUT2D eigenvalue weighted by atomic mass is 31.2. The van der Waals surface area contributed by atoms with Gasteiger partial charge in [0.2, 0.25) is 15.9 Å².